The average Bonchev–Trinajstić information content (AvgIpc) is 2.27. The van der Waals surface area contributed by atoms with Gasteiger partial charge in [0.1, 0.15) is 5.94 Å². The maximum atomic E-state index is 11.3. The molecule has 1 aromatic rings. The molecule has 3 nitrogen and oxygen atoms in total. The van der Waals surface area contributed by atoms with Gasteiger partial charge >= 0.3 is 0 Å². The molecular formula is C11H13O3P. The van der Waals surface area contributed by atoms with Gasteiger partial charge in [0.25, 0.3) is 0 Å². The summed E-state index contributed by atoms with van der Waals surface area (Å²) in [4.78, 5) is 10.7. The third-order valence-electron chi connectivity index (χ3n) is 1.87. The minimum absolute atomic E-state index is 0.159. The Balaban J connectivity index is 2.75. The highest BCUT2D eigenvalue weighted by atomic mass is 31.1. The van der Waals surface area contributed by atoms with E-state index in [1.165, 1.54) is 0 Å². The number of allylic oxidation sites excluding steroid dienone is 1. The second-order valence-corrected chi connectivity index (χ2v) is 4.31. The van der Waals surface area contributed by atoms with Crippen LogP contribution in [0.15, 0.2) is 30.3 Å². The van der Waals surface area contributed by atoms with E-state index in [9.17, 15) is 9.36 Å². The molecule has 0 saturated carbocycles. The van der Waals surface area contributed by atoms with Gasteiger partial charge in [0.2, 0.25) is 0 Å². The van der Waals surface area contributed by atoms with Gasteiger partial charge in [0.15, 0.2) is 8.03 Å². The highest BCUT2D eigenvalue weighted by molar-refractivity contribution is 7.39. The van der Waals surface area contributed by atoms with Gasteiger partial charge in [0.05, 0.1) is 18.3 Å². The Morgan fingerprint density at radius 3 is 2.60 bits per heavy atom. The van der Waals surface area contributed by atoms with Gasteiger partial charge < -0.3 is 4.52 Å². The Bertz CT molecular complexity index is 380. The van der Waals surface area contributed by atoms with E-state index in [-0.39, 0.29) is 6.16 Å². The smallest absolute Gasteiger partial charge is 0.196 e. The highest BCUT2D eigenvalue weighted by Gasteiger charge is 2.07. The van der Waals surface area contributed by atoms with Crippen molar-refractivity contribution in [1.82, 2.24) is 0 Å². The van der Waals surface area contributed by atoms with E-state index in [0.29, 0.717) is 12.2 Å². The van der Waals surface area contributed by atoms with Crippen LogP contribution in [0.25, 0.3) is 5.57 Å². The van der Waals surface area contributed by atoms with Crippen LogP contribution in [0.4, 0.5) is 0 Å². The summed E-state index contributed by atoms with van der Waals surface area (Å²) in [5, 5.41) is 0. The summed E-state index contributed by atoms with van der Waals surface area (Å²) in [6, 6.07) is 9.09. The quantitative estimate of drug-likeness (QED) is 0.569. The topological polar surface area (TPSA) is 43.4 Å². The van der Waals surface area contributed by atoms with Crippen molar-refractivity contribution >= 4 is 19.5 Å². The van der Waals surface area contributed by atoms with E-state index >= 15 is 0 Å². The van der Waals surface area contributed by atoms with Crippen LogP contribution < -0.4 is 0 Å². The monoisotopic (exact) mass is 224 g/mol. The van der Waals surface area contributed by atoms with E-state index in [1.807, 2.05) is 24.1 Å². The summed E-state index contributed by atoms with van der Waals surface area (Å²) in [5.41, 5.74) is 1.17. The Kier molecular flexibility index (Phi) is 5.06. The van der Waals surface area contributed by atoms with Gasteiger partial charge in [0, 0.05) is 0 Å². The predicted octanol–water partition coefficient (Wildman–Crippen LogP) is 2.41. The number of rotatable bonds is 5. The van der Waals surface area contributed by atoms with Crippen molar-refractivity contribution in [1.29, 1.82) is 0 Å². The normalized spacial score (nSPS) is 11.8. The molecule has 1 atom stereocenters. The Labute approximate surface area is 89.6 Å². The molecule has 0 aliphatic carbocycles. The molecule has 80 valence electrons. The van der Waals surface area contributed by atoms with Gasteiger partial charge in [-0.3, -0.25) is 4.57 Å². The van der Waals surface area contributed by atoms with Gasteiger partial charge in [-0.25, -0.2) is 4.79 Å². The van der Waals surface area contributed by atoms with Crippen molar-refractivity contribution in [3.05, 3.63) is 35.9 Å². The van der Waals surface area contributed by atoms with E-state index in [0.717, 1.165) is 5.56 Å². The SMILES string of the molecule is CCO[PH](=O)CC(=C=O)c1ccccc1. The zero-order valence-electron chi connectivity index (χ0n) is 8.53. The first-order chi connectivity index (χ1) is 7.27. The summed E-state index contributed by atoms with van der Waals surface area (Å²) < 4.78 is 16.3. The molecule has 0 N–H and O–H groups in total. The van der Waals surface area contributed by atoms with E-state index in [4.69, 9.17) is 4.52 Å². The molecule has 15 heavy (non-hydrogen) atoms. The molecule has 0 aromatic heterocycles. The van der Waals surface area contributed by atoms with Crippen LogP contribution in [0.2, 0.25) is 0 Å². The first-order valence-corrected chi connectivity index (χ1v) is 6.25. The Morgan fingerprint density at radius 1 is 1.40 bits per heavy atom. The molecule has 0 radical (unpaired) electrons. The lowest BCUT2D eigenvalue weighted by Gasteiger charge is -2.03. The van der Waals surface area contributed by atoms with Crippen LogP contribution in [0, 0.1) is 0 Å². The second kappa shape index (κ2) is 6.36. The van der Waals surface area contributed by atoms with Crippen LogP contribution in [-0.2, 0) is 13.9 Å². The number of benzene rings is 1. The van der Waals surface area contributed by atoms with Crippen molar-refractivity contribution in [3.8, 4) is 0 Å². The summed E-state index contributed by atoms with van der Waals surface area (Å²) in [7, 11) is -2.15. The van der Waals surface area contributed by atoms with Gasteiger partial charge in [-0.15, -0.1) is 0 Å². The van der Waals surface area contributed by atoms with E-state index in [2.05, 4.69) is 0 Å². The summed E-state index contributed by atoms with van der Waals surface area (Å²) in [6.45, 7) is 2.17. The summed E-state index contributed by atoms with van der Waals surface area (Å²) in [6.07, 6.45) is 0.159. The van der Waals surface area contributed by atoms with Crippen molar-refractivity contribution < 1.29 is 13.9 Å². The van der Waals surface area contributed by atoms with Crippen LogP contribution >= 0.6 is 8.03 Å². The molecule has 0 aliphatic rings. The predicted molar refractivity (Wildman–Crippen MR) is 61.0 cm³/mol. The van der Waals surface area contributed by atoms with Crippen molar-refractivity contribution in [3.63, 3.8) is 0 Å². The number of carbonyl (C=O) groups excluding carboxylic acids is 1. The third kappa shape index (κ3) is 3.85. The zero-order chi connectivity index (χ0) is 11.1. The average molecular weight is 224 g/mol. The van der Waals surface area contributed by atoms with Crippen molar-refractivity contribution in [2.45, 2.75) is 6.92 Å². The lowest BCUT2D eigenvalue weighted by Crippen LogP contribution is -1.90. The maximum Gasteiger partial charge on any atom is 0.196 e. The standard InChI is InChI=1S/C11H13O3P/c1-2-14-15(13)9-11(8-12)10-6-4-3-5-7-10/h3-7,15H,2,9H2,1H3. The van der Waals surface area contributed by atoms with Crippen LogP contribution in [-0.4, -0.2) is 18.7 Å². The Morgan fingerprint density at radius 2 is 2.07 bits per heavy atom. The molecule has 1 rings (SSSR count). The van der Waals surface area contributed by atoms with Crippen LogP contribution in [0.1, 0.15) is 12.5 Å². The molecule has 0 amide bonds. The first kappa shape index (κ1) is 11.9. The molecule has 0 aliphatic heterocycles. The molecule has 4 heteroatoms. The molecule has 0 saturated heterocycles. The summed E-state index contributed by atoms with van der Waals surface area (Å²) >= 11 is 0. The first-order valence-electron chi connectivity index (χ1n) is 4.73. The van der Waals surface area contributed by atoms with E-state index in [1.54, 1.807) is 19.1 Å². The molecule has 0 fully saturated rings. The van der Waals surface area contributed by atoms with Crippen molar-refractivity contribution in [2.75, 3.05) is 12.8 Å². The maximum absolute atomic E-state index is 11.3. The van der Waals surface area contributed by atoms with Crippen LogP contribution in [0.3, 0.4) is 0 Å². The minimum atomic E-state index is -2.15. The minimum Gasteiger partial charge on any atom is -0.331 e. The fraction of sp³-hybridized carbons (Fsp3) is 0.273. The molecule has 1 aromatic carbocycles. The lowest BCUT2D eigenvalue weighted by molar-refractivity contribution is 0.352. The summed E-state index contributed by atoms with van der Waals surface area (Å²) in [5.74, 6) is 1.82. The molecular weight excluding hydrogens is 211 g/mol. The number of hydrogen-bond donors (Lipinski definition) is 0. The van der Waals surface area contributed by atoms with Gasteiger partial charge in [-0.05, 0) is 12.5 Å². The lowest BCUT2D eigenvalue weighted by atomic mass is 10.1. The molecule has 0 heterocycles. The van der Waals surface area contributed by atoms with E-state index < -0.39 is 8.03 Å². The number of hydrogen-bond acceptors (Lipinski definition) is 3. The second-order valence-electron chi connectivity index (χ2n) is 2.93. The fourth-order valence-electron chi connectivity index (χ4n) is 1.19. The fourth-order valence-corrected chi connectivity index (χ4v) is 2.18. The zero-order valence-corrected chi connectivity index (χ0v) is 9.53. The highest BCUT2D eigenvalue weighted by Crippen LogP contribution is 2.28. The molecule has 0 bridgehead atoms. The molecule has 0 spiro atoms. The Hall–Kier alpha value is -1.14. The van der Waals surface area contributed by atoms with Gasteiger partial charge in [-0.2, -0.15) is 0 Å². The molecule has 1 unspecified atom stereocenters. The van der Waals surface area contributed by atoms with Crippen LogP contribution in [0.5, 0.6) is 0 Å². The van der Waals surface area contributed by atoms with Crippen molar-refractivity contribution in [2.24, 2.45) is 0 Å². The largest absolute Gasteiger partial charge is 0.331 e. The third-order valence-corrected chi connectivity index (χ3v) is 3.12. The van der Waals surface area contributed by atoms with Gasteiger partial charge in [-0.1, -0.05) is 30.3 Å².